The van der Waals surface area contributed by atoms with E-state index in [1.807, 2.05) is 18.2 Å². The van der Waals surface area contributed by atoms with Crippen LogP contribution < -0.4 is 10.1 Å². The van der Waals surface area contributed by atoms with Crippen molar-refractivity contribution >= 4 is 34.4 Å². The summed E-state index contributed by atoms with van der Waals surface area (Å²) in [5.74, 6) is 0.142. The van der Waals surface area contributed by atoms with Crippen LogP contribution >= 0.6 is 11.3 Å². The number of ether oxygens (including phenoxy) is 2. The summed E-state index contributed by atoms with van der Waals surface area (Å²) in [5.41, 5.74) is 2.61. The highest BCUT2D eigenvalue weighted by Crippen LogP contribution is 2.26. The quantitative estimate of drug-likeness (QED) is 0.682. The number of esters is 1. The lowest BCUT2D eigenvalue weighted by molar-refractivity contribution is -0.111. The molecule has 0 radical (unpaired) electrons. The lowest BCUT2D eigenvalue weighted by Gasteiger charge is -2.00. The Kier molecular flexibility index (Phi) is 4.61. The number of anilines is 1. The van der Waals surface area contributed by atoms with E-state index in [0.717, 1.165) is 34.6 Å². The van der Waals surface area contributed by atoms with Crippen LogP contribution in [0.2, 0.25) is 0 Å². The SMILES string of the molecule is COC(=O)c1sc(NC(=O)/C=C/c2ccc3c(c2)CCO3)nc1C. The molecular weight excluding hydrogens is 328 g/mol. The highest BCUT2D eigenvalue weighted by molar-refractivity contribution is 7.17. The zero-order valence-electron chi connectivity index (χ0n) is 13.3. The smallest absolute Gasteiger partial charge is 0.350 e. The molecule has 1 aliphatic rings. The van der Waals surface area contributed by atoms with E-state index in [4.69, 9.17) is 4.74 Å². The topological polar surface area (TPSA) is 77.5 Å². The molecule has 1 aromatic carbocycles. The number of amides is 1. The molecule has 124 valence electrons. The highest BCUT2D eigenvalue weighted by Gasteiger charge is 2.16. The van der Waals surface area contributed by atoms with E-state index in [1.54, 1.807) is 13.0 Å². The van der Waals surface area contributed by atoms with Gasteiger partial charge in [-0.15, -0.1) is 0 Å². The number of methoxy groups -OCH3 is 1. The van der Waals surface area contributed by atoms with Crippen molar-refractivity contribution < 1.29 is 19.1 Å². The maximum atomic E-state index is 12.0. The van der Waals surface area contributed by atoms with Gasteiger partial charge in [-0.3, -0.25) is 10.1 Å². The molecular formula is C17H16N2O4S. The van der Waals surface area contributed by atoms with E-state index in [-0.39, 0.29) is 5.91 Å². The van der Waals surface area contributed by atoms with Crippen LogP contribution in [-0.4, -0.2) is 30.6 Å². The molecule has 0 saturated carbocycles. The van der Waals surface area contributed by atoms with E-state index < -0.39 is 5.97 Å². The third kappa shape index (κ3) is 3.46. The number of thiazole rings is 1. The molecule has 1 aliphatic heterocycles. The van der Waals surface area contributed by atoms with Crippen LogP contribution in [0.1, 0.15) is 26.5 Å². The van der Waals surface area contributed by atoms with Gasteiger partial charge in [0.1, 0.15) is 10.6 Å². The van der Waals surface area contributed by atoms with Gasteiger partial charge in [-0.05, 0) is 36.3 Å². The molecule has 1 aromatic heterocycles. The first-order valence-corrected chi connectivity index (χ1v) is 8.19. The Bertz CT molecular complexity index is 826. The van der Waals surface area contributed by atoms with Gasteiger partial charge in [-0.1, -0.05) is 17.4 Å². The number of nitrogens with zero attached hydrogens (tertiary/aromatic N) is 1. The minimum atomic E-state index is -0.457. The van der Waals surface area contributed by atoms with Crippen molar-refractivity contribution in [3.63, 3.8) is 0 Å². The molecule has 0 saturated heterocycles. The fourth-order valence-electron chi connectivity index (χ4n) is 2.36. The summed E-state index contributed by atoms with van der Waals surface area (Å²) in [6, 6.07) is 5.82. The lowest BCUT2D eigenvalue weighted by atomic mass is 10.1. The second kappa shape index (κ2) is 6.84. The summed E-state index contributed by atoms with van der Waals surface area (Å²) >= 11 is 1.09. The fraction of sp³-hybridized carbons (Fsp3) is 0.235. The van der Waals surface area contributed by atoms with Crippen LogP contribution in [0.25, 0.3) is 6.08 Å². The van der Waals surface area contributed by atoms with Crippen LogP contribution in [0.15, 0.2) is 24.3 Å². The second-order valence-electron chi connectivity index (χ2n) is 5.21. The Morgan fingerprint density at radius 3 is 3.04 bits per heavy atom. The Labute approximate surface area is 143 Å². The van der Waals surface area contributed by atoms with Gasteiger partial charge in [-0.2, -0.15) is 0 Å². The van der Waals surface area contributed by atoms with Crippen molar-refractivity contribution in [2.75, 3.05) is 19.0 Å². The van der Waals surface area contributed by atoms with Crippen LogP contribution in [0.5, 0.6) is 5.75 Å². The third-order valence-corrected chi connectivity index (χ3v) is 4.59. The van der Waals surface area contributed by atoms with Crippen LogP contribution in [0.4, 0.5) is 5.13 Å². The number of aromatic nitrogens is 1. The molecule has 0 atom stereocenters. The van der Waals surface area contributed by atoms with Crippen molar-refractivity contribution in [1.82, 2.24) is 4.98 Å². The van der Waals surface area contributed by atoms with Crippen LogP contribution in [0.3, 0.4) is 0 Å². The van der Waals surface area contributed by atoms with E-state index in [1.165, 1.54) is 13.2 Å². The first-order chi connectivity index (χ1) is 11.6. The number of rotatable bonds is 4. The van der Waals surface area contributed by atoms with Gasteiger partial charge in [0.15, 0.2) is 5.13 Å². The van der Waals surface area contributed by atoms with E-state index in [9.17, 15) is 9.59 Å². The summed E-state index contributed by atoms with van der Waals surface area (Å²) in [5, 5.41) is 3.02. The predicted molar refractivity (Wildman–Crippen MR) is 91.5 cm³/mol. The summed E-state index contributed by atoms with van der Waals surface area (Å²) in [4.78, 5) is 28.1. The minimum Gasteiger partial charge on any atom is -0.493 e. The van der Waals surface area contributed by atoms with E-state index >= 15 is 0 Å². The fourth-order valence-corrected chi connectivity index (χ4v) is 3.25. The van der Waals surface area contributed by atoms with Gasteiger partial charge in [0.25, 0.3) is 0 Å². The maximum absolute atomic E-state index is 12.0. The molecule has 0 bridgehead atoms. The molecule has 2 aromatic rings. The number of fused-ring (bicyclic) bond motifs is 1. The van der Waals surface area contributed by atoms with Gasteiger partial charge < -0.3 is 9.47 Å². The molecule has 3 rings (SSSR count). The van der Waals surface area contributed by atoms with Crippen molar-refractivity contribution in [1.29, 1.82) is 0 Å². The number of nitrogens with one attached hydrogen (secondary N) is 1. The average Bonchev–Trinajstić information content (AvgIpc) is 3.18. The normalized spacial score (nSPS) is 12.8. The molecule has 2 heterocycles. The Balaban J connectivity index is 1.66. The minimum absolute atomic E-state index is 0.308. The van der Waals surface area contributed by atoms with Gasteiger partial charge in [-0.25, -0.2) is 9.78 Å². The third-order valence-electron chi connectivity index (χ3n) is 3.54. The molecule has 0 unspecified atom stereocenters. The van der Waals surface area contributed by atoms with Gasteiger partial charge in [0.2, 0.25) is 5.91 Å². The monoisotopic (exact) mass is 344 g/mol. The van der Waals surface area contributed by atoms with Gasteiger partial charge >= 0.3 is 5.97 Å². The summed E-state index contributed by atoms with van der Waals surface area (Å²) in [7, 11) is 1.31. The van der Waals surface area contributed by atoms with Crippen LogP contribution in [-0.2, 0) is 16.0 Å². The van der Waals surface area contributed by atoms with Crippen molar-refractivity contribution in [3.8, 4) is 5.75 Å². The van der Waals surface area contributed by atoms with Crippen molar-refractivity contribution in [3.05, 3.63) is 46.0 Å². The van der Waals surface area contributed by atoms with E-state index in [0.29, 0.717) is 22.3 Å². The summed E-state index contributed by atoms with van der Waals surface area (Å²) < 4.78 is 10.1. The Morgan fingerprint density at radius 2 is 2.25 bits per heavy atom. The zero-order valence-corrected chi connectivity index (χ0v) is 14.1. The standard InChI is InChI=1S/C17H16N2O4S/c1-10-15(16(21)22-2)24-17(18-10)19-14(20)6-4-11-3-5-13-12(9-11)7-8-23-13/h3-6,9H,7-8H2,1-2H3,(H,18,19,20)/b6-4+. The molecule has 6 nitrogen and oxygen atoms in total. The number of hydrogen-bond acceptors (Lipinski definition) is 6. The van der Waals surface area contributed by atoms with Gasteiger partial charge in [0.05, 0.1) is 19.4 Å². The van der Waals surface area contributed by atoms with Crippen molar-refractivity contribution in [2.24, 2.45) is 0 Å². The Hall–Kier alpha value is -2.67. The maximum Gasteiger partial charge on any atom is 0.350 e. The molecule has 24 heavy (non-hydrogen) atoms. The molecule has 7 heteroatoms. The number of benzene rings is 1. The summed E-state index contributed by atoms with van der Waals surface area (Å²) in [6.07, 6.45) is 4.06. The summed E-state index contributed by atoms with van der Waals surface area (Å²) in [6.45, 7) is 2.40. The zero-order chi connectivity index (χ0) is 17.1. The first kappa shape index (κ1) is 16.2. The number of hydrogen-bond donors (Lipinski definition) is 1. The predicted octanol–water partition coefficient (Wildman–Crippen LogP) is 2.82. The number of aryl methyl sites for hydroxylation is 1. The molecule has 0 spiro atoms. The molecule has 0 aliphatic carbocycles. The largest absolute Gasteiger partial charge is 0.493 e. The van der Waals surface area contributed by atoms with E-state index in [2.05, 4.69) is 15.0 Å². The highest BCUT2D eigenvalue weighted by atomic mass is 32.1. The van der Waals surface area contributed by atoms with Crippen molar-refractivity contribution in [2.45, 2.75) is 13.3 Å². The lowest BCUT2D eigenvalue weighted by Crippen LogP contribution is -2.07. The first-order valence-electron chi connectivity index (χ1n) is 7.37. The molecule has 0 fully saturated rings. The number of carbonyl (C=O) groups excluding carboxylic acids is 2. The number of carbonyl (C=O) groups is 2. The molecule has 1 amide bonds. The van der Waals surface area contributed by atoms with Crippen LogP contribution in [0, 0.1) is 6.92 Å². The Morgan fingerprint density at radius 1 is 1.42 bits per heavy atom. The second-order valence-corrected chi connectivity index (χ2v) is 6.21. The van der Waals surface area contributed by atoms with Gasteiger partial charge in [0, 0.05) is 12.5 Å². The molecule has 1 N–H and O–H groups in total. The average molecular weight is 344 g/mol.